The number of amides is 1. The van der Waals surface area contributed by atoms with Crippen LogP contribution in [0.2, 0.25) is 5.02 Å². The molecule has 0 radical (unpaired) electrons. The van der Waals surface area contributed by atoms with Gasteiger partial charge in [0.1, 0.15) is 0 Å². The quantitative estimate of drug-likeness (QED) is 0.668. The van der Waals surface area contributed by atoms with Crippen LogP contribution in [0.3, 0.4) is 0 Å². The van der Waals surface area contributed by atoms with Crippen molar-refractivity contribution in [3.63, 3.8) is 0 Å². The smallest absolute Gasteiger partial charge is 0.252 e. The molecule has 0 aromatic heterocycles. The highest BCUT2D eigenvalue weighted by atomic mass is 127. The first-order chi connectivity index (χ1) is 10.8. The van der Waals surface area contributed by atoms with E-state index in [4.69, 9.17) is 11.6 Å². The molecule has 0 fully saturated rings. The molecule has 0 heterocycles. The van der Waals surface area contributed by atoms with E-state index in [9.17, 15) is 13.2 Å². The summed E-state index contributed by atoms with van der Waals surface area (Å²) in [5.74, 6) is -0.233. The number of benzene rings is 2. The van der Waals surface area contributed by atoms with Crippen LogP contribution in [0.1, 0.15) is 15.9 Å². The molecule has 8 heteroatoms. The van der Waals surface area contributed by atoms with E-state index in [0.717, 1.165) is 9.13 Å². The topological polar surface area (TPSA) is 75.3 Å². The second-order valence-corrected chi connectivity index (χ2v) is 8.14. The Morgan fingerprint density at radius 3 is 2.43 bits per heavy atom. The van der Waals surface area contributed by atoms with Gasteiger partial charge < -0.3 is 5.32 Å². The second kappa shape index (κ2) is 7.61. The molecule has 0 aliphatic heterocycles. The number of hydrogen-bond acceptors (Lipinski definition) is 3. The number of hydrogen-bond donors (Lipinski definition) is 2. The predicted octanol–water partition coefficient (Wildman–Crippen LogP) is 2.78. The molecule has 0 unspecified atom stereocenters. The molecule has 2 N–H and O–H groups in total. The van der Waals surface area contributed by atoms with E-state index < -0.39 is 10.0 Å². The first-order valence-corrected chi connectivity index (χ1v) is 9.53. The first kappa shape index (κ1) is 18.2. The summed E-state index contributed by atoms with van der Waals surface area (Å²) in [4.78, 5) is 12.4. The predicted molar refractivity (Wildman–Crippen MR) is 98.0 cm³/mol. The Hall–Kier alpha value is -1.16. The lowest BCUT2D eigenvalue weighted by atomic mass is 10.2. The normalized spacial score (nSPS) is 11.3. The number of nitrogens with one attached hydrogen (secondary N) is 2. The Bertz CT molecular complexity index is 823. The Balaban J connectivity index is 2.06. The number of carbonyl (C=O) groups is 1. The van der Waals surface area contributed by atoms with Gasteiger partial charge in [-0.1, -0.05) is 23.7 Å². The largest absolute Gasteiger partial charge is 0.348 e. The number of carbonyl (C=O) groups excluding carboxylic acids is 1. The maximum absolute atomic E-state index is 12.2. The minimum atomic E-state index is -3.45. The summed E-state index contributed by atoms with van der Waals surface area (Å²) in [6.45, 7) is 0.293. The average Bonchev–Trinajstić information content (AvgIpc) is 2.55. The van der Waals surface area contributed by atoms with Crippen LogP contribution in [0.15, 0.2) is 47.4 Å². The molecular formula is C15H14ClIN2O3S. The molecule has 1 amide bonds. The van der Waals surface area contributed by atoms with Gasteiger partial charge in [-0.15, -0.1) is 0 Å². The maximum Gasteiger partial charge on any atom is 0.252 e. The van der Waals surface area contributed by atoms with E-state index in [1.165, 1.54) is 19.2 Å². The van der Waals surface area contributed by atoms with Gasteiger partial charge >= 0.3 is 0 Å². The zero-order chi connectivity index (χ0) is 17.0. The highest BCUT2D eigenvalue weighted by molar-refractivity contribution is 14.1. The van der Waals surface area contributed by atoms with Crippen LogP contribution in [-0.4, -0.2) is 21.4 Å². The Labute approximate surface area is 153 Å². The standard InChI is InChI=1S/C15H14ClIN2O3S/c1-18-23(21,22)12-5-2-10(3-6-12)9-19-15(20)13-8-11(16)4-7-14(13)17/h2-8,18H,9H2,1H3,(H,19,20). The Morgan fingerprint density at radius 1 is 1.17 bits per heavy atom. The maximum atomic E-state index is 12.2. The monoisotopic (exact) mass is 464 g/mol. The summed E-state index contributed by atoms with van der Waals surface area (Å²) < 4.78 is 26.3. The molecule has 0 saturated carbocycles. The van der Waals surface area contributed by atoms with Gasteiger partial charge in [0, 0.05) is 15.1 Å². The van der Waals surface area contributed by atoms with Gasteiger partial charge in [-0.25, -0.2) is 13.1 Å². The number of halogens is 2. The molecule has 23 heavy (non-hydrogen) atoms. The summed E-state index contributed by atoms with van der Waals surface area (Å²) in [6.07, 6.45) is 0. The molecule has 2 aromatic carbocycles. The number of sulfonamides is 1. The van der Waals surface area contributed by atoms with Crippen molar-refractivity contribution >= 4 is 50.1 Å². The highest BCUT2D eigenvalue weighted by Gasteiger charge is 2.12. The van der Waals surface area contributed by atoms with Crippen LogP contribution in [0.5, 0.6) is 0 Å². The van der Waals surface area contributed by atoms with Gasteiger partial charge in [0.05, 0.1) is 10.5 Å². The summed E-state index contributed by atoms with van der Waals surface area (Å²) in [5, 5.41) is 3.29. The van der Waals surface area contributed by atoms with Gasteiger partial charge in [0.25, 0.3) is 5.91 Å². The second-order valence-electron chi connectivity index (χ2n) is 4.66. The van der Waals surface area contributed by atoms with Crippen molar-refractivity contribution in [1.29, 1.82) is 0 Å². The van der Waals surface area contributed by atoms with Crippen LogP contribution in [0.4, 0.5) is 0 Å². The van der Waals surface area contributed by atoms with Crippen LogP contribution in [0, 0.1) is 3.57 Å². The molecule has 0 saturated heterocycles. The molecular weight excluding hydrogens is 451 g/mol. The third-order valence-electron chi connectivity index (χ3n) is 3.13. The van der Waals surface area contributed by atoms with Crippen LogP contribution < -0.4 is 10.0 Å². The molecule has 0 bridgehead atoms. The average molecular weight is 465 g/mol. The lowest BCUT2D eigenvalue weighted by Gasteiger charge is -2.08. The van der Waals surface area contributed by atoms with Crippen molar-refractivity contribution in [2.24, 2.45) is 0 Å². The van der Waals surface area contributed by atoms with E-state index in [0.29, 0.717) is 17.1 Å². The summed E-state index contributed by atoms with van der Waals surface area (Å²) >= 11 is 7.98. The van der Waals surface area contributed by atoms with Crippen LogP contribution in [0.25, 0.3) is 0 Å². The number of rotatable bonds is 5. The van der Waals surface area contributed by atoms with Gasteiger partial charge in [-0.05, 0) is 65.5 Å². The van der Waals surface area contributed by atoms with Crippen molar-refractivity contribution in [2.45, 2.75) is 11.4 Å². The Morgan fingerprint density at radius 2 is 1.83 bits per heavy atom. The molecule has 2 rings (SSSR count). The zero-order valence-electron chi connectivity index (χ0n) is 12.1. The SMILES string of the molecule is CNS(=O)(=O)c1ccc(CNC(=O)c2cc(Cl)ccc2I)cc1. The zero-order valence-corrected chi connectivity index (χ0v) is 15.9. The van der Waals surface area contributed by atoms with E-state index in [-0.39, 0.29) is 10.8 Å². The fourth-order valence-corrected chi connectivity index (χ4v) is 3.34. The molecule has 5 nitrogen and oxygen atoms in total. The minimum Gasteiger partial charge on any atom is -0.348 e. The lowest BCUT2D eigenvalue weighted by Crippen LogP contribution is -2.24. The molecule has 0 aliphatic rings. The fraction of sp³-hybridized carbons (Fsp3) is 0.133. The van der Waals surface area contributed by atoms with E-state index in [2.05, 4.69) is 32.6 Å². The van der Waals surface area contributed by atoms with Crippen molar-refractivity contribution < 1.29 is 13.2 Å². The molecule has 2 aromatic rings. The Kier molecular flexibility index (Phi) is 6.01. The molecule has 122 valence electrons. The van der Waals surface area contributed by atoms with Crippen molar-refractivity contribution in [3.05, 3.63) is 62.2 Å². The van der Waals surface area contributed by atoms with Crippen molar-refractivity contribution in [2.75, 3.05) is 7.05 Å². The summed E-state index contributed by atoms with van der Waals surface area (Å²) in [6, 6.07) is 11.4. The summed E-state index contributed by atoms with van der Waals surface area (Å²) in [5.41, 5.74) is 1.30. The molecule has 0 aliphatic carbocycles. The van der Waals surface area contributed by atoms with Gasteiger partial charge in [-0.3, -0.25) is 4.79 Å². The van der Waals surface area contributed by atoms with Crippen molar-refractivity contribution in [1.82, 2.24) is 10.0 Å². The molecule has 0 spiro atoms. The van der Waals surface area contributed by atoms with Crippen LogP contribution in [-0.2, 0) is 16.6 Å². The minimum absolute atomic E-state index is 0.180. The fourth-order valence-electron chi connectivity index (χ4n) is 1.85. The van der Waals surface area contributed by atoms with Gasteiger partial charge in [-0.2, -0.15) is 0 Å². The molecule has 0 atom stereocenters. The van der Waals surface area contributed by atoms with Gasteiger partial charge in [0.2, 0.25) is 10.0 Å². The highest BCUT2D eigenvalue weighted by Crippen LogP contribution is 2.18. The lowest BCUT2D eigenvalue weighted by molar-refractivity contribution is 0.0950. The van der Waals surface area contributed by atoms with Crippen LogP contribution >= 0.6 is 34.2 Å². The summed E-state index contributed by atoms with van der Waals surface area (Å²) in [7, 11) is -2.10. The third-order valence-corrected chi connectivity index (χ3v) is 5.73. The van der Waals surface area contributed by atoms with E-state index >= 15 is 0 Å². The van der Waals surface area contributed by atoms with Gasteiger partial charge in [0.15, 0.2) is 0 Å². The third kappa shape index (κ3) is 4.66. The van der Waals surface area contributed by atoms with E-state index in [1.54, 1.807) is 30.3 Å². The van der Waals surface area contributed by atoms with Crippen molar-refractivity contribution in [3.8, 4) is 0 Å². The first-order valence-electron chi connectivity index (χ1n) is 6.59. The van der Waals surface area contributed by atoms with E-state index in [1.807, 2.05) is 0 Å².